The van der Waals surface area contributed by atoms with E-state index in [4.69, 9.17) is 9.47 Å². The quantitative estimate of drug-likeness (QED) is 0.774. The first-order chi connectivity index (χ1) is 8.54. The molecule has 2 rings (SSSR count). The summed E-state index contributed by atoms with van der Waals surface area (Å²) in [5, 5.41) is 0. The highest BCUT2D eigenvalue weighted by Crippen LogP contribution is 2.29. The van der Waals surface area contributed by atoms with Crippen LogP contribution in [0.3, 0.4) is 0 Å². The van der Waals surface area contributed by atoms with Crippen LogP contribution in [0.15, 0.2) is 0 Å². The van der Waals surface area contributed by atoms with Crippen LogP contribution in [0, 0.1) is 11.3 Å². The molecule has 4 heteroatoms. The maximum absolute atomic E-state index is 12.3. The van der Waals surface area contributed by atoms with Crippen molar-refractivity contribution in [3.05, 3.63) is 0 Å². The van der Waals surface area contributed by atoms with Crippen LogP contribution in [-0.2, 0) is 14.3 Å². The number of hydrogen-bond donors (Lipinski definition) is 0. The minimum atomic E-state index is -0.229. The van der Waals surface area contributed by atoms with Crippen molar-refractivity contribution in [3.8, 4) is 0 Å². The van der Waals surface area contributed by atoms with Crippen LogP contribution in [0.5, 0.6) is 0 Å². The smallest absolute Gasteiger partial charge is 0.228 e. The van der Waals surface area contributed by atoms with Crippen molar-refractivity contribution in [1.82, 2.24) is 4.90 Å². The summed E-state index contributed by atoms with van der Waals surface area (Å²) in [4.78, 5) is 14.4. The van der Waals surface area contributed by atoms with Crippen LogP contribution in [0.25, 0.3) is 0 Å². The normalized spacial score (nSPS) is 23.6. The molecule has 0 N–H and O–H groups in total. The monoisotopic (exact) mass is 255 g/mol. The first-order valence-electron chi connectivity index (χ1n) is 7.07. The van der Waals surface area contributed by atoms with Crippen molar-refractivity contribution in [3.63, 3.8) is 0 Å². The van der Waals surface area contributed by atoms with Gasteiger partial charge in [0, 0.05) is 24.4 Å². The molecule has 0 spiro atoms. The number of likely N-dealkylation sites (tertiary alicyclic amines) is 1. The van der Waals surface area contributed by atoms with Crippen LogP contribution in [0.2, 0.25) is 0 Å². The van der Waals surface area contributed by atoms with E-state index in [-0.39, 0.29) is 17.6 Å². The Hall–Kier alpha value is -0.610. The van der Waals surface area contributed by atoms with E-state index in [1.807, 2.05) is 18.7 Å². The van der Waals surface area contributed by atoms with E-state index in [0.29, 0.717) is 19.1 Å². The van der Waals surface area contributed by atoms with E-state index in [9.17, 15) is 4.79 Å². The second-order valence-corrected chi connectivity index (χ2v) is 5.98. The highest BCUT2D eigenvalue weighted by Gasteiger charge is 2.35. The minimum Gasteiger partial charge on any atom is -0.350 e. The molecule has 2 saturated heterocycles. The van der Waals surface area contributed by atoms with E-state index in [1.165, 1.54) is 0 Å². The Balaban J connectivity index is 1.84. The van der Waals surface area contributed by atoms with E-state index in [1.54, 1.807) is 0 Å². The highest BCUT2D eigenvalue weighted by atomic mass is 16.7. The van der Waals surface area contributed by atoms with Crippen molar-refractivity contribution in [2.75, 3.05) is 26.3 Å². The predicted molar refractivity (Wildman–Crippen MR) is 69.1 cm³/mol. The van der Waals surface area contributed by atoms with E-state index >= 15 is 0 Å². The van der Waals surface area contributed by atoms with Crippen molar-refractivity contribution >= 4 is 5.91 Å². The molecule has 18 heavy (non-hydrogen) atoms. The molecule has 2 aliphatic heterocycles. The molecular weight excluding hydrogens is 230 g/mol. The van der Waals surface area contributed by atoms with Crippen molar-refractivity contribution in [2.24, 2.45) is 11.3 Å². The second-order valence-electron chi connectivity index (χ2n) is 5.98. The van der Waals surface area contributed by atoms with Crippen molar-refractivity contribution in [2.45, 2.75) is 46.3 Å². The number of hydrogen-bond acceptors (Lipinski definition) is 3. The Morgan fingerprint density at radius 3 is 2.28 bits per heavy atom. The van der Waals surface area contributed by atoms with Gasteiger partial charge in [-0.05, 0) is 19.3 Å². The lowest BCUT2D eigenvalue weighted by Gasteiger charge is -2.37. The van der Waals surface area contributed by atoms with Gasteiger partial charge in [-0.3, -0.25) is 4.79 Å². The van der Waals surface area contributed by atoms with Gasteiger partial charge in [0.05, 0.1) is 13.2 Å². The number of rotatable bonds is 3. The lowest BCUT2D eigenvalue weighted by molar-refractivity contribution is -0.145. The van der Waals surface area contributed by atoms with Gasteiger partial charge in [0.15, 0.2) is 6.29 Å². The molecule has 2 aliphatic rings. The van der Waals surface area contributed by atoms with Crippen molar-refractivity contribution in [1.29, 1.82) is 0 Å². The van der Waals surface area contributed by atoms with Crippen LogP contribution < -0.4 is 0 Å². The lowest BCUT2D eigenvalue weighted by Crippen LogP contribution is -2.46. The summed E-state index contributed by atoms with van der Waals surface area (Å²) in [6.45, 7) is 9.26. The summed E-state index contributed by atoms with van der Waals surface area (Å²) in [6, 6.07) is 0. The Morgan fingerprint density at radius 1 is 1.22 bits per heavy atom. The molecule has 0 radical (unpaired) electrons. The fourth-order valence-corrected chi connectivity index (χ4v) is 2.60. The van der Waals surface area contributed by atoms with Gasteiger partial charge in [0.2, 0.25) is 5.91 Å². The van der Waals surface area contributed by atoms with Crippen LogP contribution in [0.1, 0.15) is 40.0 Å². The Labute approximate surface area is 110 Å². The largest absolute Gasteiger partial charge is 0.350 e. The number of nitrogens with zero attached hydrogens (tertiary/aromatic N) is 1. The molecule has 0 aromatic carbocycles. The van der Waals surface area contributed by atoms with E-state index < -0.39 is 0 Å². The molecule has 0 aromatic heterocycles. The Morgan fingerprint density at radius 2 is 1.78 bits per heavy atom. The third-order valence-corrected chi connectivity index (χ3v) is 4.32. The molecule has 1 amide bonds. The highest BCUT2D eigenvalue weighted by molar-refractivity contribution is 5.81. The third kappa shape index (κ3) is 2.86. The summed E-state index contributed by atoms with van der Waals surface area (Å²) in [6.07, 6.45) is 2.86. The van der Waals surface area contributed by atoms with Gasteiger partial charge in [-0.15, -0.1) is 0 Å². The molecule has 0 aromatic rings. The average Bonchev–Trinajstić information content (AvgIpc) is 2.92. The maximum Gasteiger partial charge on any atom is 0.228 e. The van der Waals surface area contributed by atoms with Gasteiger partial charge in [0.1, 0.15) is 0 Å². The first-order valence-corrected chi connectivity index (χ1v) is 7.07. The van der Waals surface area contributed by atoms with Crippen molar-refractivity contribution < 1.29 is 14.3 Å². The number of amides is 1. The zero-order chi connectivity index (χ0) is 13.2. The fourth-order valence-electron chi connectivity index (χ4n) is 2.60. The van der Waals surface area contributed by atoms with Crippen LogP contribution in [0.4, 0.5) is 0 Å². The summed E-state index contributed by atoms with van der Waals surface area (Å²) < 4.78 is 11.1. The number of ether oxygens (including phenoxy) is 2. The molecule has 0 aliphatic carbocycles. The van der Waals surface area contributed by atoms with E-state index in [2.05, 4.69) is 6.92 Å². The molecule has 4 nitrogen and oxygen atoms in total. The molecule has 0 unspecified atom stereocenters. The summed E-state index contributed by atoms with van der Waals surface area (Å²) in [7, 11) is 0. The summed E-state index contributed by atoms with van der Waals surface area (Å²) in [5.74, 6) is 0.748. The molecule has 0 atom stereocenters. The van der Waals surface area contributed by atoms with Gasteiger partial charge in [-0.2, -0.15) is 0 Å². The predicted octanol–water partition coefficient (Wildman–Crippen LogP) is 2.03. The lowest BCUT2D eigenvalue weighted by atomic mass is 9.87. The fraction of sp³-hybridized carbons (Fsp3) is 0.929. The average molecular weight is 255 g/mol. The van der Waals surface area contributed by atoms with E-state index in [0.717, 1.165) is 32.4 Å². The Kier molecular flexibility index (Phi) is 4.28. The van der Waals surface area contributed by atoms with Gasteiger partial charge >= 0.3 is 0 Å². The van der Waals surface area contributed by atoms with Crippen LogP contribution >= 0.6 is 0 Å². The maximum atomic E-state index is 12.3. The third-order valence-electron chi connectivity index (χ3n) is 4.32. The number of piperidine rings is 1. The van der Waals surface area contributed by atoms with Crippen LogP contribution in [-0.4, -0.2) is 43.4 Å². The SMILES string of the molecule is CCC(C)(C)C(=O)N1CCC(C2OCCO2)CC1. The molecule has 0 bridgehead atoms. The topological polar surface area (TPSA) is 38.8 Å². The Bertz CT molecular complexity index is 289. The zero-order valence-corrected chi connectivity index (χ0v) is 11.8. The summed E-state index contributed by atoms with van der Waals surface area (Å²) in [5.41, 5.74) is -0.229. The zero-order valence-electron chi connectivity index (χ0n) is 11.8. The van der Waals surface area contributed by atoms with Gasteiger partial charge < -0.3 is 14.4 Å². The molecule has 0 saturated carbocycles. The molecule has 2 heterocycles. The first kappa shape index (κ1) is 13.8. The molecule has 104 valence electrons. The van der Waals surface area contributed by atoms with Gasteiger partial charge in [0.25, 0.3) is 0 Å². The summed E-state index contributed by atoms with van der Waals surface area (Å²) >= 11 is 0. The number of carbonyl (C=O) groups excluding carboxylic acids is 1. The molecular formula is C14H25NO3. The molecule has 2 fully saturated rings. The standard InChI is InChI=1S/C14H25NO3/c1-4-14(2,3)13(16)15-7-5-11(6-8-15)12-17-9-10-18-12/h11-12H,4-10H2,1-3H3. The minimum absolute atomic E-state index is 0.0264. The van der Waals surface area contributed by atoms with Gasteiger partial charge in [-0.25, -0.2) is 0 Å². The second kappa shape index (κ2) is 5.57. The van der Waals surface area contributed by atoms with Gasteiger partial charge in [-0.1, -0.05) is 20.8 Å². The number of carbonyl (C=O) groups is 1.